The number of aliphatic hydroxyl groups is 1. The van der Waals surface area contributed by atoms with Crippen LogP contribution < -0.4 is 5.32 Å². The molecular weight excluding hydrogens is 404 g/mol. The average molecular weight is 441 g/mol. The van der Waals surface area contributed by atoms with Crippen molar-refractivity contribution in [2.75, 3.05) is 13.6 Å². The molecule has 2 saturated carbocycles. The number of hydrogen-bond donors (Lipinski definition) is 2. The molecule has 0 aliphatic heterocycles. The monoisotopic (exact) mass is 440 g/mol. The van der Waals surface area contributed by atoms with E-state index in [4.69, 9.17) is 5.26 Å². The normalized spacial score (nSPS) is 32.8. The van der Waals surface area contributed by atoms with Gasteiger partial charge in [0.15, 0.2) is 0 Å². The Labute approximate surface area is 191 Å². The van der Waals surface area contributed by atoms with Gasteiger partial charge in [0.05, 0.1) is 18.6 Å². The van der Waals surface area contributed by atoms with Crippen molar-refractivity contribution in [2.24, 2.45) is 29.1 Å². The summed E-state index contributed by atoms with van der Waals surface area (Å²) < 4.78 is 0. The summed E-state index contributed by atoms with van der Waals surface area (Å²) >= 11 is 0. The molecular formula is C25H36N4O3. The van der Waals surface area contributed by atoms with E-state index in [1.54, 1.807) is 36.5 Å². The summed E-state index contributed by atoms with van der Waals surface area (Å²) in [5.74, 6) is -0.455. The fourth-order valence-corrected chi connectivity index (χ4v) is 6.11. The van der Waals surface area contributed by atoms with Crippen molar-refractivity contribution in [3.63, 3.8) is 0 Å². The van der Waals surface area contributed by atoms with E-state index >= 15 is 0 Å². The first-order chi connectivity index (χ1) is 15.2. The number of fused-ring (bicyclic) bond motifs is 1. The number of nitriles is 1. The maximum Gasteiger partial charge on any atom is 0.251 e. The zero-order valence-corrected chi connectivity index (χ0v) is 19.6. The molecule has 0 aromatic carbocycles. The second-order valence-corrected chi connectivity index (χ2v) is 10.0. The van der Waals surface area contributed by atoms with Gasteiger partial charge >= 0.3 is 0 Å². The number of aliphatic hydroxyl groups excluding tert-OH is 1. The van der Waals surface area contributed by atoms with Gasteiger partial charge in [-0.25, -0.2) is 0 Å². The number of nitrogens with zero attached hydrogens (tertiary/aromatic N) is 3. The van der Waals surface area contributed by atoms with Crippen LogP contribution in [0.1, 0.15) is 63.2 Å². The maximum atomic E-state index is 12.9. The SMILES string of the molecule is C[C@H]1[C@@H]2[C@@H](O)[C@H]([C@H](C)C(=O)N(C)CCC#N)CC[C@@]2(C)CC[C@@H]1NC(=O)c1ccncc1. The first kappa shape index (κ1) is 24.2. The number of carbonyl (C=O) groups excluding carboxylic acids is 2. The van der Waals surface area contributed by atoms with E-state index in [1.165, 1.54) is 0 Å². The minimum Gasteiger partial charge on any atom is -0.392 e. The number of amides is 2. The Morgan fingerprint density at radius 3 is 2.66 bits per heavy atom. The number of pyridine rings is 1. The van der Waals surface area contributed by atoms with Gasteiger partial charge in [-0.3, -0.25) is 14.6 Å². The molecule has 2 fully saturated rings. The summed E-state index contributed by atoms with van der Waals surface area (Å²) in [6.45, 7) is 6.68. The minimum atomic E-state index is -0.604. The summed E-state index contributed by atoms with van der Waals surface area (Å²) in [5, 5.41) is 23.5. The Kier molecular flexibility index (Phi) is 7.55. The predicted molar refractivity (Wildman–Crippen MR) is 121 cm³/mol. The van der Waals surface area contributed by atoms with Gasteiger partial charge in [-0.15, -0.1) is 0 Å². The van der Waals surface area contributed by atoms with E-state index in [1.807, 2.05) is 6.92 Å². The van der Waals surface area contributed by atoms with Crippen molar-refractivity contribution < 1.29 is 14.7 Å². The smallest absolute Gasteiger partial charge is 0.251 e. The van der Waals surface area contributed by atoms with E-state index in [0.717, 1.165) is 25.7 Å². The lowest BCUT2D eigenvalue weighted by atomic mass is 9.51. The fourth-order valence-electron chi connectivity index (χ4n) is 6.11. The van der Waals surface area contributed by atoms with Crippen LogP contribution in [0.15, 0.2) is 24.5 Å². The molecule has 1 aromatic rings. The van der Waals surface area contributed by atoms with Crippen LogP contribution in [0, 0.1) is 40.4 Å². The van der Waals surface area contributed by atoms with Crippen LogP contribution in [0.25, 0.3) is 0 Å². The molecule has 174 valence electrons. The summed E-state index contributed by atoms with van der Waals surface area (Å²) in [6, 6.07) is 5.46. The zero-order chi connectivity index (χ0) is 23.5. The standard InChI is InChI=1S/C25H36N4O3/c1-16(24(32)29(4)15-5-12-26)19-6-10-25(3)11-7-20(17(2)21(25)22(19)30)28-23(31)18-8-13-27-14-9-18/h8-9,13-14,16-17,19-22,30H,5-7,10-11,15H2,1-4H3,(H,28,31)/t16-,17+,19-,20-,21+,22-,25-/m0/s1. The third-order valence-corrected chi connectivity index (χ3v) is 8.11. The highest BCUT2D eigenvalue weighted by Crippen LogP contribution is 2.55. The molecule has 2 amide bonds. The third kappa shape index (κ3) is 4.80. The lowest BCUT2D eigenvalue weighted by Gasteiger charge is -2.56. The van der Waals surface area contributed by atoms with Gasteiger partial charge in [0, 0.05) is 43.5 Å². The van der Waals surface area contributed by atoms with E-state index < -0.39 is 6.10 Å². The lowest BCUT2D eigenvalue weighted by molar-refractivity contribution is -0.149. The number of nitrogens with one attached hydrogen (secondary N) is 1. The quantitative estimate of drug-likeness (QED) is 0.707. The van der Waals surface area contributed by atoms with Crippen LogP contribution in [-0.2, 0) is 4.79 Å². The summed E-state index contributed by atoms with van der Waals surface area (Å²) in [7, 11) is 1.73. The first-order valence-electron chi connectivity index (χ1n) is 11.7. The molecule has 2 N–H and O–H groups in total. The van der Waals surface area contributed by atoms with E-state index in [2.05, 4.69) is 30.2 Å². The van der Waals surface area contributed by atoms with Crippen LogP contribution >= 0.6 is 0 Å². The molecule has 7 nitrogen and oxygen atoms in total. The number of hydrogen-bond acceptors (Lipinski definition) is 5. The molecule has 2 aliphatic rings. The zero-order valence-electron chi connectivity index (χ0n) is 19.6. The van der Waals surface area contributed by atoms with Gasteiger partial charge < -0.3 is 15.3 Å². The largest absolute Gasteiger partial charge is 0.392 e. The summed E-state index contributed by atoms with van der Waals surface area (Å²) in [4.78, 5) is 31.2. The molecule has 7 atom stereocenters. The van der Waals surface area contributed by atoms with Crippen LogP contribution in [0.3, 0.4) is 0 Å². The minimum absolute atomic E-state index is 0.00268. The highest BCUT2D eigenvalue weighted by Gasteiger charge is 2.54. The second kappa shape index (κ2) is 9.99. The Bertz CT molecular complexity index is 854. The molecule has 0 unspecified atom stereocenters. The highest BCUT2D eigenvalue weighted by atomic mass is 16.3. The number of carbonyl (C=O) groups is 2. The lowest BCUT2D eigenvalue weighted by Crippen LogP contribution is -2.58. The molecule has 1 heterocycles. The molecule has 0 radical (unpaired) electrons. The Balaban J connectivity index is 1.73. The van der Waals surface area contributed by atoms with E-state index in [0.29, 0.717) is 18.5 Å². The second-order valence-electron chi connectivity index (χ2n) is 10.0. The van der Waals surface area contributed by atoms with Crippen molar-refractivity contribution in [1.82, 2.24) is 15.2 Å². The molecule has 3 rings (SSSR count). The molecule has 0 spiro atoms. The maximum absolute atomic E-state index is 12.9. The van der Waals surface area contributed by atoms with Crippen molar-refractivity contribution in [1.29, 1.82) is 5.26 Å². The van der Waals surface area contributed by atoms with Crippen LogP contribution in [-0.4, -0.2) is 52.5 Å². The molecule has 1 aromatic heterocycles. The topological polar surface area (TPSA) is 106 Å². The highest BCUT2D eigenvalue weighted by molar-refractivity contribution is 5.94. The Morgan fingerprint density at radius 1 is 1.34 bits per heavy atom. The van der Waals surface area contributed by atoms with Gasteiger partial charge in [0.25, 0.3) is 5.91 Å². The van der Waals surface area contributed by atoms with Crippen LogP contribution in [0.4, 0.5) is 0 Å². The van der Waals surface area contributed by atoms with Gasteiger partial charge in [-0.1, -0.05) is 20.8 Å². The molecule has 2 aliphatic carbocycles. The van der Waals surface area contributed by atoms with Crippen molar-refractivity contribution >= 4 is 11.8 Å². The summed E-state index contributed by atoms with van der Waals surface area (Å²) in [5.41, 5.74) is 0.588. The van der Waals surface area contributed by atoms with E-state index in [9.17, 15) is 14.7 Å². The predicted octanol–water partition coefficient (Wildman–Crippen LogP) is 3.01. The van der Waals surface area contributed by atoms with Crippen molar-refractivity contribution in [2.45, 2.75) is 65.0 Å². The van der Waals surface area contributed by atoms with Gasteiger partial charge in [0.2, 0.25) is 5.91 Å². The average Bonchev–Trinajstić information content (AvgIpc) is 2.79. The molecule has 7 heteroatoms. The summed E-state index contributed by atoms with van der Waals surface area (Å²) in [6.07, 6.45) is 6.52. The Morgan fingerprint density at radius 2 is 2.00 bits per heavy atom. The number of rotatable bonds is 6. The van der Waals surface area contributed by atoms with Crippen molar-refractivity contribution in [3.05, 3.63) is 30.1 Å². The Hall–Kier alpha value is -2.46. The molecule has 0 saturated heterocycles. The first-order valence-corrected chi connectivity index (χ1v) is 11.7. The van der Waals surface area contributed by atoms with Gasteiger partial charge in [-0.2, -0.15) is 5.26 Å². The van der Waals surface area contributed by atoms with Gasteiger partial charge in [0.1, 0.15) is 0 Å². The van der Waals surface area contributed by atoms with Gasteiger partial charge in [-0.05, 0) is 61.0 Å². The molecule has 0 bridgehead atoms. The third-order valence-electron chi connectivity index (χ3n) is 8.11. The van der Waals surface area contributed by atoms with Crippen LogP contribution in [0.5, 0.6) is 0 Å². The van der Waals surface area contributed by atoms with Crippen molar-refractivity contribution in [3.8, 4) is 6.07 Å². The fraction of sp³-hybridized carbons (Fsp3) is 0.680. The number of aromatic nitrogens is 1. The van der Waals surface area contributed by atoms with Crippen LogP contribution in [0.2, 0.25) is 0 Å². The molecule has 32 heavy (non-hydrogen) atoms. The van der Waals surface area contributed by atoms with E-state index in [-0.39, 0.29) is 46.9 Å².